The lowest BCUT2D eigenvalue weighted by Gasteiger charge is -2.35. The van der Waals surface area contributed by atoms with Crippen LogP contribution in [0.5, 0.6) is 0 Å². The standard InChI is InChI=1S/C15H26N3O5PS/c1-4-22-24(19,23-5-2)13-25(20,21)18-10-8-17(9-11-18)15-12-14(3)6-7-16-15/h6-7,12H,4-5,8-11,13H2,1-3H3. The molecule has 1 aliphatic heterocycles. The molecule has 0 atom stereocenters. The Morgan fingerprint density at radius 1 is 1.16 bits per heavy atom. The van der Waals surface area contributed by atoms with Gasteiger partial charge in [-0.2, -0.15) is 4.31 Å². The number of anilines is 1. The summed E-state index contributed by atoms with van der Waals surface area (Å²) in [4.78, 5) is 6.38. The molecule has 0 aliphatic carbocycles. The lowest BCUT2D eigenvalue weighted by molar-refractivity contribution is 0.223. The van der Waals surface area contributed by atoms with E-state index in [9.17, 15) is 13.0 Å². The second-order valence-electron chi connectivity index (χ2n) is 5.76. The molecule has 0 spiro atoms. The minimum atomic E-state index is -3.73. The van der Waals surface area contributed by atoms with Crippen LogP contribution in [-0.4, -0.2) is 62.6 Å². The normalized spacial score (nSPS) is 17.0. The number of piperazine rings is 1. The van der Waals surface area contributed by atoms with Crippen LogP contribution < -0.4 is 4.90 Å². The Labute approximate surface area is 149 Å². The molecule has 0 saturated carbocycles. The summed E-state index contributed by atoms with van der Waals surface area (Å²) in [5.41, 5.74) is 0.485. The third-order valence-corrected chi connectivity index (χ3v) is 8.86. The number of pyridine rings is 1. The molecule has 2 rings (SSSR count). The summed E-state index contributed by atoms with van der Waals surface area (Å²) >= 11 is 0. The minimum absolute atomic E-state index is 0.138. The Balaban J connectivity index is 2.02. The second kappa shape index (κ2) is 8.60. The highest BCUT2D eigenvalue weighted by Gasteiger charge is 2.36. The van der Waals surface area contributed by atoms with Gasteiger partial charge in [0, 0.05) is 32.4 Å². The summed E-state index contributed by atoms with van der Waals surface area (Å²) in [7, 11) is -7.37. The fraction of sp³-hybridized carbons (Fsp3) is 0.667. The Morgan fingerprint density at radius 3 is 2.28 bits per heavy atom. The fourth-order valence-electron chi connectivity index (χ4n) is 2.68. The molecule has 0 aromatic carbocycles. The molecule has 10 heteroatoms. The zero-order chi connectivity index (χ0) is 18.5. The summed E-state index contributed by atoms with van der Waals surface area (Å²) in [6.45, 7) is 7.28. The third kappa shape index (κ3) is 5.49. The number of nitrogens with zero attached hydrogens (tertiary/aromatic N) is 3. The van der Waals surface area contributed by atoms with Gasteiger partial charge >= 0.3 is 7.60 Å². The van der Waals surface area contributed by atoms with Gasteiger partial charge in [0.15, 0.2) is 5.49 Å². The highest BCUT2D eigenvalue weighted by molar-refractivity contribution is 7.95. The SMILES string of the molecule is CCOP(=O)(CS(=O)(=O)N1CCN(c2cc(C)ccn2)CC1)OCC. The monoisotopic (exact) mass is 391 g/mol. The zero-order valence-corrected chi connectivity index (χ0v) is 16.6. The maximum absolute atomic E-state index is 12.6. The highest BCUT2D eigenvalue weighted by atomic mass is 32.2. The summed E-state index contributed by atoms with van der Waals surface area (Å²) in [5, 5.41) is 0. The lowest BCUT2D eigenvalue weighted by Crippen LogP contribution is -2.49. The molecule has 0 unspecified atom stereocenters. The van der Waals surface area contributed by atoms with Gasteiger partial charge in [-0.05, 0) is 38.5 Å². The van der Waals surface area contributed by atoms with Crippen LogP contribution in [0.2, 0.25) is 0 Å². The van der Waals surface area contributed by atoms with Gasteiger partial charge in [0.05, 0.1) is 13.2 Å². The number of aryl methyl sites for hydroxylation is 1. The molecule has 0 N–H and O–H groups in total. The van der Waals surface area contributed by atoms with E-state index < -0.39 is 23.1 Å². The molecule has 142 valence electrons. The largest absolute Gasteiger partial charge is 0.354 e. The van der Waals surface area contributed by atoms with Crippen molar-refractivity contribution in [2.24, 2.45) is 0 Å². The van der Waals surface area contributed by atoms with Crippen LogP contribution in [0.1, 0.15) is 19.4 Å². The molecule has 1 saturated heterocycles. The van der Waals surface area contributed by atoms with Crippen molar-refractivity contribution in [1.82, 2.24) is 9.29 Å². The van der Waals surface area contributed by atoms with Crippen molar-refractivity contribution in [2.45, 2.75) is 20.8 Å². The van der Waals surface area contributed by atoms with Gasteiger partial charge in [0.2, 0.25) is 10.0 Å². The van der Waals surface area contributed by atoms with Crippen LogP contribution in [0.3, 0.4) is 0 Å². The van der Waals surface area contributed by atoms with E-state index in [0.717, 1.165) is 11.4 Å². The van der Waals surface area contributed by atoms with Gasteiger partial charge < -0.3 is 13.9 Å². The molecule has 2 heterocycles. The number of hydrogen-bond acceptors (Lipinski definition) is 7. The highest BCUT2D eigenvalue weighted by Crippen LogP contribution is 2.49. The predicted molar refractivity (Wildman–Crippen MR) is 97.4 cm³/mol. The smallest absolute Gasteiger partial charge is 0.347 e. The molecule has 0 amide bonds. The van der Waals surface area contributed by atoms with Crippen LogP contribution in [0, 0.1) is 6.92 Å². The van der Waals surface area contributed by atoms with Crippen molar-refractivity contribution in [3.8, 4) is 0 Å². The van der Waals surface area contributed by atoms with Gasteiger partial charge in [-0.3, -0.25) is 4.57 Å². The van der Waals surface area contributed by atoms with E-state index in [1.54, 1.807) is 20.0 Å². The third-order valence-electron chi connectivity index (χ3n) is 3.83. The molecule has 1 aromatic heterocycles. The van der Waals surface area contributed by atoms with E-state index in [0.29, 0.717) is 26.2 Å². The predicted octanol–water partition coefficient (Wildman–Crippen LogP) is 2.07. The average molecular weight is 391 g/mol. The first kappa shape index (κ1) is 20.3. The lowest BCUT2D eigenvalue weighted by atomic mass is 10.2. The van der Waals surface area contributed by atoms with Crippen LogP contribution in [0.25, 0.3) is 0 Å². The van der Waals surface area contributed by atoms with E-state index in [-0.39, 0.29) is 13.2 Å². The summed E-state index contributed by atoms with van der Waals surface area (Å²) < 4.78 is 49.3. The maximum atomic E-state index is 12.6. The average Bonchev–Trinajstić information content (AvgIpc) is 2.55. The fourth-order valence-corrected chi connectivity index (χ4v) is 7.10. The van der Waals surface area contributed by atoms with Gasteiger partial charge in [0.1, 0.15) is 5.82 Å². The molecule has 0 bridgehead atoms. The summed E-state index contributed by atoms with van der Waals surface area (Å²) in [5.74, 6) is 0.839. The van der Waals surface area contributed by atoms with E-state index in [2.05, 4.69) is 4.98 Å². The number of aromatic nitrogens is 1. The molecule has 8 nitrogen and oxygen atoms in total. The molecule has 25 heavy (non-hydrogen) atoms. The Kier molecular flexibility index (Phi) is 6.99. The summed E-state index contributed by atoms with van der Waals surface area (Å²) in [6.07, 6.45) is 1.74. The van der Waals surface area contributed by atoms with Crippen molar-refractivity contribution in [1.29, 1.82) is 0 Å². The topological polar surface area (TPSA) is 89.0 Å². The maximum Gasteiger partial charge on any atom is 0.347 e. The van der Waals surface area contributed by atoms with Crippen molar-refractivity contribution >= 4 is 23.4 Å². The van der Waals surface area contributed by atoms with E-state index in [1.807, 2.05) is 24.0 Å². The van der Waals surface area contributed by atoms with Crippen LogP contribution in [-0.2, 0) is 23.6 Å². The number of rotatable bonds is 8. The minimum Gasteiger partial charge on any atom is -0.354 e. The molecular weight excluding hydrogens is 365 g/mol. The Bertz CT molecular complexity index is 710. The second-order valence-corrected chi connectivity index (χ2v) is 10.2. The number of sulfonamides is 1. The first-order valence-electron chi connectivity index (χ1n) is 8.33. The van der Waals surface area contributed by atoms with Gasteiger partial charge in [0.25, 0.3) is 0 Å². The molecular formula is C15H26N3O5PS. The molecule has 1 aromatic rings. The summed E-state index contributed by atoms with van der Waals surface area (Å²) in [6, 6.07) is 3.89. The number of hydrogen-bond donors (Lipinski definition) is 0. The molecule has 0 radical (unpaired) electrons. The van der Waals surface area contributed by atoms with Crippen LogP contribution in [0.15, 0.2) is 18.3 Å². The van der Waals surface area contributed by atoms with Crippen molar-refractivity contribution in [3.63, 3.8) is 0 Å². The first-order valence-corrected chi connectivity index (χ1v) is 11.7. The zero-order valence-electron chi connectivity index (χ0n) is 14.9. The Hall–Kier alpha value is -0.990. The molecule has 1 aliphatic rings. The molecule has 1 fully saturated rings. The van der Waals surface area contributed by atoms with E-state index in [4.69, 9.17) is 9.05 Å². The quantitative estimate of drug-likeness (QED) is 0.627. The van der Waals surface area contributed by atoms with Crippen molar-refractivity contribution < 1.29 is 22.0 Å². The van der Waals surface area contributed by atoms with Gasteiger partial charge in [-0.1, -0.05) is 0 Å². The first-order chi connectivity index (χ1) is 11.8. The van der Waals surface area contributed by atoms with Crippen molar-refractivity contribution in [2.75, 3.05) is 49.8 Å². The van der Waals surface area contributed by atoms with E-state index in [1.165, 1.54) is 4.31 Å². The van der Waals surface area contributed by atoms with Crippen LogP contribution >= 0.6 is 7.60 Å². The Morgan fingerprint density at radius 2 is 1.76 bits per heavy atom. The van der Waals surface area contributed by atoms with Gasteiger partial charge in [-0.15, -0.1) is 0 Å². The van der Waals surface area contributed by atoms with Crippen LogP contribution in [0.4, 0.5) is 5.82 Å². The van der Waals surface area contributed by atoms with E-state index >= 15 is 0 Å². The van der Waals surface area contributed by atoms with Crippen molar-refractivity contribution in [3.05, 3.63) is 23.9 Å². The van der Waals surface area contributed by atoms with Gasteiger partial charge in [-0.25, -0.2) is 13.4 Å².